The number of aromatic amines is 1. The van der Waals surface area contributed by atoms with Crippen LogP contribution in [0.15, 0.2) is 35.4 Å². The highest BCUT2D eigenvalue weighted by Crippen LogP contribution is 2.09. The number of hydrogen-bond donors (Lipinski definition) is 0. The lowest BCUT2D eigenvalue weighted by molar-refractivity contribution is -0.375. The summed E-state index contributed by atoms with van der Waals surface area (Å²) >= 11 is 0. The Morgan fingerprint density at radius 3 is 3.00 bits per heavy atom. The minimum atomic E-state index is 1.11. The van der Waals surface area contributed by atoms with Gasteiger partial charge in [-0.1, -0.05) is 0 Å². The van der Waals surface area contributed by atoms with Crippen molar-refractivity contribution in [1.82, 2.24) is 0 Å². The van der Waals surface area contributed by atoms with E-state index in [-0.39, 0.29) is 0 Å². The fourth-order valence-corrected chi connectivity index (χ4v) is 0.845. The SMILES string of the molecule is c1cc2cocc2c[nH+]1. The van der Waals surface area contributed by atoms with Crippen molar-refractivity contribution in [2.24, 2.45) is 0 Å². The summed E-state index contributed by atoms with van der Waals surface area (Å²) in [6.07, 6.45) is 7.21. The van der Waals surface area contributed by atoms with Gasteiger partial charge in [0.2, 0.25) is 0 Å². The number of furan rings is 1. The highest BCUT2D eigenvalue weighted by Gasteiger charge is 1.94. The number of pyridine rings is 1. The first-order valence-corrected chi connectivity index (χ1v) is 2.79. The van der Waals surface area contributed by atoms with E-state index in [0.717, 1.165) is 10.8 Å². The molecule has 44 valence electrons. The zero-order valence-electron chi connectivity index (χ0n) is 4.79. The van der Waals surface area contributed by atoms with Gasteiger partial charge in [0.25, 0.3) is 0 Å². The van der Waals surface area contributed by atoms with E-state index >= 15 is 0 Å². The lowest BCUT2D eigenvalue weighted by Crippen LogP contribution is -1.95. The highest BCUT2D eigenvalue weighted by molar-refractivity contribution is 5.78. The second-order valence-corrected chi connectivity index (χ2v) is 1.93. The molecule has 2 nitrogen and oxygen atoms in total. The smallest absolute Gasteiger partial charge is 0.178 e. The molecule has 9 heavy (non-hydrogen) atoms. The van der Waals surface area contributed by atoms with Crippen molar-refractivity contribution in [2.75, 3.05) is 0 Å². The molecule has 2 aromatic rings. The van der Waals surface area contributed by atoms with Crippen molar-refractivity contribution < 1.29 is 9.40 Å². The number of H-pyrrole nitrogens is 1. The molecular formula is C7H6NO+. The van der Waals surface area contributed by atoms with Crippen LogP contribution < -0.4 is 4.98 Å². The predicted octanol–water partition coefficient (Wildman–Crippen LogP) is 1.25. The van der Waals surface area contributed by atoms with Gasteiger partial charge >= 0.3 is 0 Å². The zero-order chi connectivity index (χ0) is 6.10. The summed E-state index contributed by atoms with van der Waals surface area (Å²) in [5.41, 5.74) is 0. The van der Waals surface area contributed by atoms with E-state index in [4.69, 9.17) is 4.42 Å². The lowest BCUT2D eigenvalue weighted by atomic mass is 10.3. The minimum absolute atomic E-state index is 1.11. The van der Waals surface area contributed by atoms with Crippen LogP contribution in [0, 0.1) is 0 Å². The Kier molecular flexibility index (Phi) is 0.803. The molecule has 0 radical (unpaired) electrons. The molecule has 0 aromatic carbocycles. The summed E-state index contributed by atoms with van der Waals surface area (Å²) in [5, 5.41) is 2.24. The summed E-state index contributed by atoms with van der Waals surface area (Å²) in [5.74, 6) is 0. The third-order valence-electron chi connectivity index (χ3n) is 1.32. The number of hydrogen-bond acceptors (Lipinski definition) is 1. The minimum Gasteiger partial charge on any atom is -0.471 e. The third kappa shape index (κ3) is 0.598. The van der Waals surface area contributed by atoms with Crippen LogP contribution >= 0.6 is 0 Å². The molecule has 2 heterocycles. The Hall–Kier alpha value is -1.31. The fourth-order valence-electron chi connectivity index (χ4n) is 0.845. The molecule has 0 saturated carbocycles. The van der Waals surface area contributed by atoms with Crippen molar-refractivity contribution in [3.63, 3.8) is 0 Å². The summed E-state index contributed by atoms with van der Waals surface area (Å²) < 4.78 is 4.94. The summed E-state index contributed by atoms with van der Waals surface area (Å²) in [6.45, 7) is 0. The van der Waals surface area contributed by atoms with Crippen molar-refractivity contribution in [3.05, 3.63) is 31.0 Å². The first kappa shape index (κ1) is 4.56. The van der Waals surface area contributed by atoms with Crippen LogP contribution in [0.5, 0.6) is 0 Å². The average Bonchev–Trinajstić information content (AvgIpc) is 2.33. The Balaban J connectivity index is 2.95. The van der Waals surface area contributed by atoms with Crippen LogP contribution in [0.4, 0.5) is 0 Å². The van der Waals surface area contributed by atoms with Crippen molar-refractivity contribution >= 4 is 10.8 Å². The van der Waals surface area contributed by atoms with Crippen molar-refractivity contribution in [2.45, 2.75) is 0 Å². The quantitative estimate of drug-likeness (QED) is 0.514. The predicted molar refractivity (Wildman–Crippen MR) is 32.8 cm³/mol. The molecule has 2 rings (SSSR count). The van der Waals surface area contributed by atoms with Crippen LogP contribution in [0.2, 0.25) is 0 Å². The third-order valence-corrected chi connectivity index (χ3v) is 1.32. The van der Waals surface area contributed by atoms with Crippen LogP contribution in [0.1, 0.15) is 0 Å². The molecule has 1 N–H and O–H groups in total. The normalized spacial score (nSPS) is 10.2. The Morgan fingerprint density at radius 2 is 2.11 bits per heavy atom. The number of nitrogens with one attached hydrogen (secondary N) is 1. The molecule has 0 aliphatic rings. The molecule has 2 heteroatoms. The van der Waals surface area contributed by atoms with E-state index in [1.807, 2.05) is 18.5 Å². The van der Waals surface area contributed by atoms with Crippen LogP contribution in [-0.2, 0) is 0 Å². The summed E-state index contributed by atoms with van der Waals surface area (Å²) in [7, 11) is 0. The molecule has 0 aliphatic heterocycles. The topological polar surface area (TPSA) is 27.3 Å². The van der Waals surface area contributed by atoms with E-state index < -0.39 is 0 Å². The Labute approximate surface area is 52.1 Å². The highest BCUT2D eigenvalue weighted by atomic mass is 16.3. The Bertz CT molecular complexity index is 283. The van der Waals surface area contributed by atoms with Gasteiger partial charge in [-0.3, -0.25) is 0 Å². The molecule has 0 spiro atoms. The molecule has 2 aromatic heterocycles. The fraction of sp³-hybridized carbons (Fsp3) is 0. The van der Waals surface area contributed by atoms with Crippen LogP contribution in [0.3, 0.4) is 0 Å². The van der Waals surface area contributed by atoms with Crippen molar-refractivity contribution in [3.8, 4) is 0 Å². The van der Waals surface area contributed by atoms with E-state index in [9.17, 15) is 0 Å². The van der Waals surface area contributed by atoms with Gasteiger partial charge in [-0.25, -0.2) is 4.98 Å². The molecule has 0 amide bonds. The van der Waals surface area contributed by atoms with Gasteiger partial charge in [-0.2, -0.15) is 0 Å². The maximum absolute atomic E-state index is 4.94. The first-order chi connectivity index (χ1) is 4.47. The van der Waals surface area contributed by atoms with Gasteiger partial charge in [0.1, 0.15) is 6.26 Å². The monoisotopic (exact) mass is 120 g/mol. The van der Waals surface area contributed by atoms with E-state index in [1.165, 1.54) is 0 Å². The average molecular weight is 120 g/mol. The van der Waals surface area contributed by atoms with Gasteiger partial charge in [-0.05, 0) is 0 Å². The summed E-state index contributed by atoms with van der Waals surface area (Å²) in [4.78, 5) is 2.96. The van der Waals surface area contributed by atoms with E-state index in [2.05, 4.69) is 4.98 Å². The van der Waals surface area contributed by atoms with Gasteiger partial charge in [0.15, 0.2) is 12.4 Å². The molecule has 0 saturated heterocycles. The standard InChI is InChI=1S/C7H5NO/c1-2-8-3-7-5-9-4-6(1)7/h1-5H/p+1. The van der Waals surface area contributed by atoms with Gasteiger partial charge < -0.3 is 4.42 Å². The largest absolute Gasteiger partial charge is 0.471 e. The summed E-state index contributed by atoms with van der Waals surface area (Å²) in [6, 6.07) is 1.97. The Morgan fingerprint density at radius 1 is 1.22 bits per heavy atom. The van der Waals surface area contributed by atoms with Gasteiger partial charge in [0.05, 0.1) is 11.6 Å². The number of aromatic nitrogens is 1. The van der Waals surface area contributed by atoms with Crippen molar-refractivity contribution in [1.29, 1.82) is 0 Å². The molecular weight excluding hydrogens is 114 g/mol. The van der Waals surface area contributed by atoms with E-state index in [0.29, 0.717) is 0 Å². The van der Waals surface area contributed by atoms with Gasteiger partial charge in [0, 0.05) is 11.5 Å². The molecule has 0 unspecified atom stereocenters. The lowest BCUT2D eigenvalue weighted by Gasteiger charge is -1.74. The maximum atomic E-state index is 4.94. The number of fused-ring (bicyclic) bond motifs is 1. The maximum Gasteiger partial charge on any atom is 0.178 e. The van der Waals surface area contributed by atoms with E-state index in [1.54, 1.807) is 12.5 Å². The van der Waals surface area contributed by atoms with Gasteiger partial charge in [-0.15, -0.1) is 0 Å². The molecule has 0 bridgehead atoms. The van der Waals surface area contributed by atoms with Crippen LogP contribution in [-0.4, -0.2) is 0 Å². The molecule has 0 atom stereocenters. The number of rotatable bonds is 0. The van der Waals surface area contributed by atoms with Crippen LogP contribution in [0.25, 0.3) is 10.8 Å². The molecule has 0 fully saturated rings. The second kappa shape index (κ2) is 1.58. The first-order valence-electron chi connectivity index (χ1n) is 2.79. The zero-order valence-corrected chi connectivity index (χ0v) is 4.79. The second-order valence-electron chi connectivity index (χ2n) is 1.93. The molecule has 0 aliphatic carbocycles.